The van der Waals surface area contributed by atoms with Crippen molar-refractivity contribution in [2.24, 2.45) is 0 Å². The van der Waals surface area contributed by atoms with Crippen LogP contribution in [-0.2, 0) is 6.54 Å². The lowest BCUT2D eigenvalue weighted by Crippen LogP contribution is -2.44. The smallest absolute Gasteiger partial charge is 0.272 e. The normalized spacial score (nSPS) is 21.0. The minimum Gasteiger partial charge on any atom is -0.316 e. The summed E-state index contributed by atoms with van der Waals surface area (Å²) in [5.74, 6) is 0. The quantitative estimate of drug-likeness (QED) is 0.829. The molecular weight excluding hydrogens is 242 g/mol. The number of fused-ring (bicyclic) bond motifs is 1. The zero-order valence-electron chi connectivity index (χ0n) is 11.1. The molecule has 2 N–H and O–H groups in total. The summed E-state index contributed by atoms with van der Waals surface area (Å²) in [4.78, 5) is 18.8. The number of aromatic nitrogens is 3. The van der Waals surface area contributed by atoms with Crippen molar-refractivity contribution in [1.82, 2.24) is 24.8 Å². The lowest BCUT2D eigenvalue weighted by Gasteiger charge is -2.32. The zero-order chi connectivity index (χ0) is 13.2. The summed E-state index contributed by atoms with van der Waals surface area (Å²) in [7, 11) is 2.00. The molecule has 0 aliphatic carbocycles. The molecule has 1 aliphatic rings. The standard InChI is InChI=1S/C13H19N5O/c1-14-10-3-2-6-17(8-10)9-11-7-13(19)18-12(16-11)4-5-15-18/h4-5,7,10,14-15H,2-3,6,8-9H2,1H3. The van der Waals surface area contributed by atoms with Crippen LogP contribution in [0.4, 0.5) is 0 Å². The second-order valence-electron chi connectivity index (χ2n) is 5.10. The number of nitrogens with one attached hydrogen (secondary N) is 2. The molecule has 19 heavy (non-hydrogen) atoms. The Hall–Kier alpha value is -1.66. The second kappa shape index (κ2) is 5.14. The molecule has 0 radical (unpaired) electrons. The van der Waals surface area contributed by atoms with Crippen molar-refractivity contribution < 1.29 is 0 Å². The molecule has 0 amide bonds. The Morgan fingerprint density at radius 2 is 2.47 bits per heavy atom. The van der Waals surface area contributed by atoms with Gasteiger partial charge in [0.2, 0.25) is 0 Å². The van der Waals surface area contributed by atoms with E-state index in [2.05, 4.69) is 20.3 Å². The van der Waals surface area contributed by atoms with Crippen LogP contribution in [0.3, 0.4) is 0 Å². The molecule has 102 valence electrons. The average Bonchev–Trinajstić information content (AvgIpc) is 2.88. The van der Waals surface area contributed by atoms with Crippen LogP contribution in [0.15, 0.2) is 23.1 Å². The van der Waals surface area contributed by atoms with Crippen molar-refractivity contribution in [3.05, 3.63) is 34.4 Å². The summed E-state index contributed by atoms with van der Waals surface area (Å²) in [5.41, 5.74) is 1.48. The predicted molar refractivity (Wildman–Crippen MR) is 73.2 cm³/mol. The van der Waals surface area contributed by atoms with Crippen LogP contribution in [0.25, 0.3) is 5.65 Å². The first-order valence-corrected chi connectivity index (χ1v) is 6.72. The van der Waals surface area contributed by atoms with Crippen LogP contribution in [0.2, 0.25) is 0 Å². The summed E-state index contributed by atoms with van der Waals surface area (Å²) in [5, 5.41) is 6.18. The van der Waals surface area contributed by atoms with E-state index in [4.69, 9.17) is 0 Å². The average molecular weight is 261 g/mol. The van der Waals surface area contributed by atoms with Crippen molar-refractivity contribution >= 4 is 5.65 Å². The van der Waals surface area contributed by atoms with E-state index >= 15 is 0 Å². The first-order chi connectivity index (χ1) is 9.26. The van der Waals surface area contributed by atoms with Crippen LogP contribution in [0, 0.1) is 0 Å². The minimum absolute atomic E-state index is 0.0489. The van der Waals surface area contributed by atoms with Gasteiger partial charge in [-0.15, -0.1) is 0 Å². The van der Waals surface area contributed by atoms with E-state index in [1.54, 1.807) is 12.3 Å². The highest BCUT2D eigenvalue weighted by Gasteiger charge is 2.19. The molecule has 1 unspecified atom stereocenters. The van der Waals surface area contributed by atoms with Crippen molar-refractivity contribution in [3.8, 4) is 0 Å². The second-order valence-corrected chi connectivity index (χ2v) is 5.10. The maximum atomic E-state index is 11.9. The van der Waals surface area contributed by atoms with Gasteiger partial charge in [-0.05, 0) is 26.4 Å². The van der Waals surface area contributed by atoms with E-state index < -0.39 is 0 Å². The molecule has 3 heterocycles. The third-order valence-corrected chi connectivity index (χ3v) is 3.73. The zero-order valence-corrected chi connectivity index (χ0v) is 11.1. The fourth-order valence-corrected chi connectivity index (χ4v) is 2.72. The monoisotopic (exact) mass is 261 g/mol. The molecule has 0 saturated carbocycles. The summed E-state index contributed by atoms with van der Waals surface area (Å²) >= 11 is 0. The lowest BCUT2D eigenvalue weighted by atomic mass is 10.1. The van der Waals surface area contributed by atoms with Crippen molar-refractivity contribution in [2.45, 2.75) is 25.4 Å². The molecule has 2 aromatic rings. The molecule has 3 rings (SSSR count). The van der Waals surface area contributed by atoms with Crippen molar-refractivity contribution in [3.63, 3.8) is 0 Å². The van der Waals surface area contributed by atoms with Gasteiger partial charge in [-0.1, -0.05) is 0 Å². The van der Waals surface area contributed by atoms with Crippen LogP contribution in [0.5, 0.6) is 0 Å². The number of hydrogen-bond donors (Lipinski definition) is 2. The Morgan fingerprint density at radius 3 is 3.32 bits per heavy atom. The number of hydrogen-bond acceptors (Lipinski definition) is 4. The molecule has 1 fully saturated rings. The van der Waals surface area contributed by atoms with E-state index in [1.807, 2.05) is 13.1 Å². The number of piperidine rings is 1. The van der Waals surface area contributed by atoms with Crippen LogP contribution in [0.1, 0.15) is 18.5 Å². The molecule has 1 atom stereocenters. The van der Waals surface area contributed by atoms with E-state index in [1.165, 1.54) is 17.4 Å². The van der Waals surface area contributed by atoms with Crippen LogP contribution in [-0.4, -0.2) is 45.7 Å². The number of likely N-dealkylation sites (tertiary alicyclic amines) is 1. The fraction of sp³-hybridized carbons (Fsp3) is 0.538. The Morgan fingerprint density at radius 1 is 1.58 bits per heavy atom. The Kier molecular flexibility index (Phi) is 3.35. The minimum atomic E-state index is -0.0489. The maximum absolute atomic E-state index is 11.9. The molecule has 6 heteroatoms. The molecule has 1 saturated heterocycles. The fourth-order valence-electron chi connectivity index (χ4n) is 2.72. The van der Waals surface area contributed by atoms with Crippen LogP contribution < -0.4 is 10.9 Å². The number of aromatic amines is 1. The SMILES string of the molecule is CNC1CCCN(Cc2cc(=O)n3[nH]ccc3n2)C1. The van der Waals surface area contributed by atoms with Gasteiger partial charge in [-0.2, -0.15) is 0 Å². The predicted octanol–water partition coefficient (Wildman–Crippen LogP) is 0.206. The third-order valence-electron chi connectivity index (χ3n) is 3.73. The number of rotatable bonds is 3. The number of nitrogens with zero attached hydrogens (tertiary/aromatic N) is 3. The highest BCUT2D eigenvalue weighted by atomic mass is 16.1. The largest absolute Gasteiger partial charge is 0.316 e. The highest BCUT2D eigenvalue weighted by Crippen LogP contribution is 2.12. The maximum Gasteiger partial charge on any atom is 0.272 e. The van der Waals surface area contributed by atoms with E-state index in [-0.39, 0.29) is 5.56 Å². The molecule has 2 aromatic heterocycles. The van der Waals surface area contributed by atoms with Gasteiger partial charge < -0.3 is 5.32 Å². The Balaban J connectivity index is 1.79. The summed E-state index contributed by atoms with van der Waals surface area (Å²) in [6.45, 7) is 2.84. The summed E-state index contributed by atoms with van der Waals surface area (Å²) < 4.78 is 1.45. The molecule has 6 nitrogen and oxygen atoms in total. The lowest BCUT2D eigenvalue weighted by molar-refractivity contribution is 0.186. The first-order valence-electron chi connectivity index (χ1n) is 6.72. The highest BCUT2D eigenvalue weighted by molar-refractivity contribution is 5.36. The van der Waals surface area contributed by atoms with Gasteiger partial charge in [0.25, 0.3) is 5.56 Å². The van der Waals surface area contributed by atoms with E-state index in [0.29, 0.717) is 11.7 Å². The van der Waals surface area contributed by atoms with Gasteiger partial charge in [0.15, 0.2) is 5.65 Å². The topological polar surface area (TPSA) is 65.4 Å². The molecular formula is C13H19N5O. The van der Waals surface area contributed by atoms with Gasteiger partial charge in [0.1, 0.15) is 0 Å². The van der Waals surface area contributed by atoms with Crippen molar-refractivity contribution in [2.75, 3.05) is 20.1 Å². The molecule has 0 aromatic carbocycles. The van der Waals surface area contributed by atoms with Gasteiger partial charge >= 0.3 is 0 Å². The van der Waals surface area contributed by atoms with Crippen molar-refractivity contribution in [1.29, 1.82) is 0 Å². The summed E-state index contributed by atoms with van der Waals surface area (Å²) in [6.07, 6.45) is 4.14. The van der Waals surface area contributed by atoms with E-state index in [0.717, 1.165) is 25.3 Å². The molecule has 0 bridgehead atoms. The van der Waals surface area contributed by atoms with E-state index in [9.17, 15) is 4.79 Å². The summed E-state index contributed by atoms with van der Waals surface area (Å²) in [6, 6.07) is 3.98. The third kappa shape index (κ3) is 2.54. The molecule has 1 aliphatic heterocycles. The first kappa shape index (κ1) is 12.4. The van der Waals surface area contributed by atoms with Crippen LogP contribution >= 0.6 is 0 Å². The Bertz CT molecular complexity index is 617. The number of H-pyrrole nitrogens is 1. The number of likely N-dealkylation sites (N-methyl/N-ethyl adjacent to an activating group) is 1. The van der Waals surface area contributed by atoms with Gasteiger partial charge in [-0.3, -0.25) is 14.8 Å². The Labute approximate surface area is 111 Å². The van der Waals surface area contributed by atoms with Gasteiger partial charge in [0.05, 0.1) is 5.69 Å². The van der Waals surface area contributed by atoms with Gasteiger partial charge in [-0.25, -0.2) is 9.50 Å². The molecule has 0 spiro atoms. The van der Waals surface area contributed by atoms with Gasteiger partial charge in [0, 0.05) is 37.5 Å².